The van der Waals surface area contributed by atoms with Crippen LogP contribution < -0.4 is 10.5 Å². The maximum absolute atomic E-state index is 12.2. The number of nitrogens with two attached hydrogens (primary N) is 1. The van der Waals surface area contributed by atoms with Crippen molar-refractivity contribution < 1.29 is 8.42 Å². The van der Waals surface area contributed by atoms with Gasteiger partial charge >= 0.3 is 0 Å². The molecule has 1 heterocycles. The minimum atomic E-state index is -3.57. The SMILES string of the molecule is Cn1cc(S(=O)(=O)NC2(C)CCCC2)c(N)n1. The number of nitrogens with zero attached hydrogens (tertiary/aromatic N) is 2. The van der Waals surface area contributed by atoms with Gasteiger partial charge in [-0.2, -0.15) is 5.10 Å². The van der Waals surface area contributed by atoms with Crippen molar-refractivity contribution in [3.63, 3.8) is 0 Å². The van der Waals surface area contributed by atoms with E-state index in [4.69, 9.17) is 5.73 Å². The molecule has 0 spiro atoms. The number of rotatable bonds is 3. The first-order valence-electron chi connectivity index (χ1n) is 5.66. The van der Waals surface area contributed by atoms with E-state index < -0.39 is 10.0 Å². The van der Waals surface area contributed by atoms with Gasteiger partial charge in [0.2, 0.25) is 10.0 Å². The van der Waals surface area contributed by atoms with Crippen molar-refractivity contribution in [1.82, 2.24) is 14.5 Å². The summed E-state index contributed by atoms with van der Waals surface area (Å²) in [6.45, 7) is 1.93. The predicted molar refractivity (Wildman–Crippen MR) is 64.8 cm³/mol. The highest BCUT2D eigenvalue weighted by Gasteiger charge is 2.34. The van der Waals surface area contributed by atoms with E-state index in [1.165, 1.54) is 10.9 Å². The average Bonchev–Trinajstić information content (AvgIpc) is 2.72. The van der Waals surface area contributed by atoms with Crippen molar-refractivity contribution in [2.45, 2.75) is 43.0 Å². The van der Waals surface area contributed by atoms with Crippen molar-refractivity contribution in [2.75, 3.05) is 5.73 Å². The van der Waals surface area contributed by atoms with Crippen molar-refractivity contribution in [3.8, 4) is 0 Å². The highest BCUT2D eigenvalue weighted by Crippen LogP contribution is 2.31. The summed E-state index contributed by atoms with van der Waals surface area (Å²) < 4.78 is 28.5. The smallest absolute Gasteiger partial charge is 0.246 e. The zero-order chi connectivity index (χ0) is 12.7. The maximum Gasteiger partial charge on any atom is 0.246 e. The molecule has 1 fully saturated rings. The average molecular weight is 258 g/mol. The molecule has 0 amide bonds. The Labute approximate surface area is 101 Å². The number of hydrogen-bond donors (Lipinski definition) is 2. The third-order valence-corrected chi connectivity index (χ3v) is 4.85. The highest BCUT2D eigenvalue weighted by molar-refractivity contribution is 7.89. The Morgan fingerprint density at radius 2 is 2.06 bits per heavy atom. The van der Waals surface area contributed by atoms with Crippen LogP contribution in [0.5, 0.6) is 0 Å². The molecule has 0 aliphatic heterocycles. The molecule has 0 radical (unpaired) electrons. The molecule has 3 N–H and O–H groups in total. The molecule has 1 aromatic heterocycles. The number of aromatic nitrogens is 2. The van der Waals surface area contributed by atoms with Crippen LogP contribution in [0.15, 0.2) is 11.1 Å². The largest absolute Gasteiger partial charge is 0.381 e. The minimum absolute atomic E-state index is 0.0431. The minimum Gasteiger partial charge on any atom is -0.381 e. The Bertz CT molecular complexity index is 514. The molecule has 0 atom stereocenters. The molecular formula is C10H18N4O2S. The molecule has 1 aliphatic carbocycles. The van der Waals surface area contributed by atoms with Crippen LogP contribution in [0.4, 0.5) is 5.82 Å². The van der Waals surface area contributed by atoms with E-state index in [0.717, 1.165) is 25.7 Å². The van der Waals surface area contributed by atoms with Gasteiger partial charge in [0.25, 0.3) is 0 Å². The first-order valence-corrected chi connectivity index (χ1v) is 7.14. The molecule has 7 heteroatoms. The van der Waals surface area contributed by atoms with Crippen LogP contribution in [0.25, 0.3) is 0 Å². The third kappa shape index (κ3) is 2.44. The second-order valence-electron chi connectivity index (χ2n) is 4.93. The van der Waals surface area contributed by atoms with E-state index in [0.29, 0.717) is 0 Å². The molecule has 0 unspecified atom stereocenters. The Balaban J connectivity index is 2.28. The number of nitrogen functional groups attached to an aromatic ring is 1. The van der Waals surface area contributed by atoms with Crippen LogP contribution in [0, 0.1) is 0 Å². The third-order valence-electron chi connectivity index (χ3n) is 3.20. The number of sulfonamides is 1. The summed E-state index contributed by atoms with van der Waals surface area (Å²) in [5, 5.41) is 3.85. The molecule has 6 nitrogen and oxygen atoms in total. The molecule has 0 bridgehead atoms. The van der Waals surface area contributed by atoms with E-state index in [2.05, 4.69) is 9.82 Å². The normalized spacial score (nSPS) is 19.6. The molecule has 1 saturated carbocycles. The Kier molecular flexibility index (Phi) is 2.90. The molecule has 96 valence electrons. The van der Waals surface area contributed by atoms with Gasteiger partial charge in [0, 0.05) is 18.8 Å². The van der Waals surface area contributed by atoms with Crippen molar-refractivity contribution in [3.05, 3.63) is 6.20 Å². The summed E-state index contributed by atoms with van der Waals surface area (Å²) in [5.41, 5.74) is 5.25. The number of anilines is 1. The molecule has 2 rings (SSSR count). The quantitative estimate of drug-likeness (QED) is 0.831. The van der Waals surface area contributed by atoms with Crippen LogP contribution >= 0.6 is 0 Å². The van der Waals surface area contributed by atoms with E-state index in [1.54, 1.807) is 7.05 Å². The fourth-order valence-corrected chi connectivity index (χ4v) is 3.90. The maximum atomic E-state index is 12.2. The standard InChI is InChI=1S/C10H18N4O2S/c1-10(5-3-4-6-10)13-17(15,16)8-7-14(2)12-9(8)11/h7,13H,3-6H2,1-2H3,(H2,11,12). The van der Waals surface area contributed by atoms with Crippen LogP contribution in [0.1, 0.15) is 32.6 Å². The van der Waals surface area contributed by atoms with Crippen molar-refractivity contribution in [1.29, 1.82) is 0 Å². The molecule has 1 aromatic rings. The zero-order valence-electron chi connectivity index (χ0n) is 10.1. The van der Waals surface area contributed by atoms with Gasteiger partial charge in [0.05, 0.1) is 0 Å². The first-order chi connectivity index (χ1) is 7.82. The summed E-state index contributed by atoms with van der Waals surface area (Å²) in [6.07, 6.45) is 5.28. The number of aryl methyl sites for hydroxylation is 1. The summed E-state index contributed by atoms with van der Waals surface area (Å²) >= 11 is 0. The summed E-state index contributed by atoms with van der Waals surface area (Å²) in [6, 6.07) is 0. The van der Waals surface area contributed by atoms with Gasteiger partial charge in [-0.15, -0.1) is 0 Å². The second-order valence-corrected chi connectivity index (χ2v) is 6.58. The monoisotopic (exact) mass is 258 g/mol. The first kappa shape index (κ1) is 12.4. The lowest BCUT2D eigenvalue weighted by Gasteiger charge is -2.24. The summed E-state index contributed by atoms with van der Waals surface area (Å²) in [4.78, 5) is 0.0631. The van der Waals surface area contributed by atoms with Gasteiger partial charge in [0.1, 0.15) is 4.90 Å². The number of nitrogens with one attached hydrogen (secondary N) is 1. The van der Waals surface area contributed by atoms with Crippen LogP contribution in [0.2, 0.25) is 0 Å². The Morgan fingerprint density at radius 3 is 2.53 bits per heavy atom. The van der Waals surface area contributed by atoms with Gasteiger partial charge in [-0.3, -0.25) is 4.68 Å². The number of hydrogen-bond acceptors (Lipinski definition) is 4. The Hall–Kier alpha value is -1.08. The van der Waals surface area contributed by atoms with Crippen LogP contribution in [0.3, 0.4) is 0 Å². The van der Waals surface area contributed by atoms with Crippen molar-refractivity contribution >= 4 is 15.8 Å². The lowest BCUT2D eigenvalue weighted by molar-refractivity contribution is 0.427. The van der Waals surface area contributed by atoms with Gasteiger partial charge < -0.3 is 5.73 Å². The van der Waals surface area contributed by atoms with Crippen LogP contribution in [-0.2, 0) is 17.1 Å². The predicted octanol–water partition coefficient (Wildman–Crippen LogP) is 0.613. The van der Waals surface area contributed by atoms with E-state index >= 15 is 0 Å². The van der Waals surface area contributed by atoms with E-state index in [9.17, 15) is 8.42 Å². The zero-order valence-corrected chi connectivity index (χ0v) is 10.9. The van der Waals surface area contributed by atoms with Crippen LogP contribution in [-0.4, -0.2) is 23.7 Å². The summed E-state index contributed by atoms with van der Waals surface area (Å²) in [7, 11) is -1.92. The highest BCUT2D eigenvalue weighted by atomic mass is 32.2. The van der Waals surface area contributed by atoms with E-state index in [1.807, 2.05) is 6.92 Å². The van der Waals surface area contributed by atoms with Gasteiger partial charge in [-0.1, -0.05) is 12.8 Å². The van der Waals surface area contributed by atoms with Gasteiger partial charge in [-0.05, 0) is 19.8 Å². The molecule has 17 heavy (non-hydrogen) atoms. The molecule has 1 aliphatic rings. The topological polar surface area (TPSA) is 90.0 Å². The fraction of sp³-hybridized carbons (Fsp3) is 0.700. The molecule has 0 saturated heterocycles. The lowest BCUT2D eigenvalue weighted by Crippen LogP contribution is -2.43. The van der Waals surface area contributed by atoms with Gasteiger partial charge in [0.15, 0.2) is 5.82 Å². The van der Waals surface area contributed by atoms with Gasteiger partial charge in [-0.25, -0.2) is 13.1 Å². The fourth-order valence-electron chi connectivity index (χ4n) is 2.33. The molecule has 0 aromatic carbocycles. The summed E-state index contributed by atoms with van der Waals surface area (Å²) in [5.74, 6) is 0.0431. The van der Waals surface area contributed by atoms with E-state index in [-0.39, 0.29) is 16.3 Å². The van der Waals surface area contributed by atoms with Crippen molar-refractivity contribution in [2.24, 2.45) is 7.05 Å². The molecular weight excluding hydrogens is 240 g/mol. The second kappa shape index (κ2) is 3.99. The Morgan fingerprint density at radius 1 is 1.47 bits per heavy atom. The lowest BCUT2D eigenvalue weighted by atomic mass is 10.0.